The van der Waals surface area contributed by atoms with Crippen LogP contribution < -0.4 is 4.90 Å². The lowest BCUT2D eigenvalue weighted by molar-refractivity contribution is 0.0240. The molecule has 0 spiro atoms. The predicted molar refractivity (Wildman–Crippen MR) is 77.1 cm³/mol. The van der Waals surface area contributed by atoms with Crippen molar-refractivity contribution in [3.05, 3.63) is 17.3 Å². The van der Waals surface area contributed by atoms with E-state index in [1.54, 1.807) is 11.0 Å². The quantitative estimate of drug-likeness (QED) is 0.795. The second kappa shape index (κ2) is 5.83. The van der Waals surface area contributed by atoms with Crippen molar-refractivity contribution in [1.29, 1.82) is 0 Å². The van der Waals surface area contributed by atoms with Gasteiger partial charge in [-0.1, -0.05) is 11.6 Å². The lowest BCUT2D eigenvalue weighted by Gasteiger charge is -2.35. The first kappa shape index (κ1) is 14.8. The van der Waals surface area contributed by atoms with Gasteiger partial charge in [-0.25, -0.2) is 4.79 Å². The Kier molecular flexibility index (Phi) is 4.32. The maximum absolute atomic E-state index is 11.9. The molecule has 20 heavy (non-hydrogen) atoms. The van der Waals surface area contributed by atoms with Gasteiger partial charge in [0.2, 0.25) is 0 Å². The lowest BCUT2D eigenvalue weighted by Crippen LogP contribution is -2.50. The summed E-state index contributed by atoms with van der Waals surface area (Å²) in [7, 11) is 0. The minimum absolute atomic E-state index is 0.269. The number of carbonyl (C=O) groups is 1. The molecule has 7 heteroatoms. The zero-order valence-corrected chi connectivity index (χ0v) is 12.7. The molecule has 0 bridgehead atoms. The molecule has 0 saturated carbocycles. The summed E-state index contributed by atoms with van der Waals surface area (Å²) in [5.41, 5.74) is -0.466. The van der Waals surface area contributed by atoms with Gasteiger partial charge in [0.15, 0.2) is 5.82 Å². The monoisotopic (exact) mass is 298 g/mol. The van der Waals surface area contributed by atoms with Crippen molar-refractivity contribution in [2.45, 2.75) is 26.4 Å². The third-order valence-corrected chi connectivity index (χ3v) is 3.07. The summed E-state index contributed by atoms with van der Waals surface area (Å²) >= 11 is 5.90. The number of rotatable bonds is 1. The molecule has 2 rings (SSSR count). The number of halogens is 1. The van der Waals surface area contributed by atoms with Crippen LogP contribution in [-0.4, -0.2) is 53.0 Å². The first-order valence-electron chi connectivity index (χ1n) is 6.56. The van der Waals surface area contributed by atoms with Crippen molar-refractivity contribution >= 4 is 23.5 Å². The standard InChI is InChI=1S/C13H19ClN4O2/c1-13(2,3)20-12(19)18-6-4-17(5-7-18)11-8-10(14)9-15-16-11/h8-9H,4-7H2,1-3H3. The number of nitrogens with zero attached hydrogens (tertiary/aromatic N) is 4. The van der Waals surface area contributed by atoms with Gasteiger partial charge in [0, 0.05) is 32.2 Å². The highest BCUT2D eigenvalue weighted by atomic mass is 35.5. The Bertz CT molecular complexity index is 482. The molecule has 1 amide bonds. The van der Waals surface area contributed by atoms with E-state index in [1.165, 1.54) is 6.20 Å². The Labute approximate surface area is 123 Å². The van der Waals surface area contributed by atoms with Gasteiger partial charge in [0.05, 0.1) is 11.2 Å². The van der Waals surface area contributed by atoms with Gasteiger partial charge in [-0.05, 0) is 20.8 Å². The second-order valence-corrected chi connectivity index (χ2v) is 6.12. The first-order chi connectivity index (χ1) is 9.35. The van der Waals surface area contributed by atoms with Crippen LogP contribution >= 0.6 is 11.6 Å². The van der Waals surface area contributed by atoms with E-state index in [2.05, 4.69) is 15.1 Å². The van der Waals surface area contributed by atoms with Gasteiger partial charge in [0.1, 0.15) is 5.60 Å². The van der Waals surface area contributed by atoms with Crippen molar-refractivity contribution in [3.63, 3.8) is 0 Å². The van der Waals surface area contributed by atoms with Crippen molar-refractivity contribution in [2.75, 3.05) is 31.1 Å². The van der Waals surface area contributed by atoms with Crippen LogP contribution in [0, 0.1) is 0 Å². The SMILES string of the molecule is CC(C)(C)OC(=O)N1CCN(c2cc(Cl)cnn2)CC1. The molecule has 1 aromatic rings. The fourth-order valence-corrected chi connectivity index (χ4v) is 2.07. The average Bonchev–Trinajstić information content (AvgIpc) is 2.37. The highest BCUT2D eigenvalue weighted by Crippen LogP contribution is 2.18. The molecule has 1 aliphatic heterocycles. The van der Waals surface area contributed by atoms with E-state index in [0.717, 1.165) is 5.82 Å². The number of anilines is 1. The molecule has 2 heterocycles. The Morgan fingerprint density at radius 2 is 1.95 bits per heavy atom. The zero-order chi connectivity index (χ0) is 14.8. The average molecular weight is 299 g/mol. The predicted octanol–water partition coefficient (Wildman–Crippen LogP) is 2.19. The van der Waals surface area contributed by atoms with Gasteiger partial charge < -0.3 is 14.5 Å². The van der Waals surface area contributed by atoms with Crippen LogP contribution in [0.15, 0.2) is 12.3 Å². The fourth-order valence-electron chi connectivity index (χ4n) is 1.93. The maximum Gasteiger partial charge on any atom is 0.410 e. The number of ether oxygens (including phenoxy) is 1. The van der Waals surface area contributed by atoms with E-state index in [-0.39, 0.29) is 6.09 Å². The van der Waals surface area contributed by atoms with Crippen LogP contribution in [0.3, 0.4) is 0 Å². The largest absolute Gasteiger partial charge is 0.444 e. The number of carbonyl (C=O) groups excluding carboxylic acids is 1. The number of hydrogen-bond acceptors (Lipinski definition) is 5. The summed E-state index contributed by atoms with van der Waals surface area (Å²) in [6.45, 7) is 8.17. The Morgan fingerprint density at radius 1 is 1.30 bits per heavy atom. The van der Waals surface area contributed by atoms with Crippen LogP contribution in [0.2, 0.25) is 5.02 Å². The van der Waals surface area contributed by atoms with E-state index < -0.39 is 5.60 Å². The molecular formula is C13H19ClN4O2. The topological polar surface area (TPSA) is 58.6 Å². The van der Waals surface area contributed by atoms with Crippen molar-refractivity contribution in [1.82, 2.24) is 15.1 Å². The zero-order valence-electron chi connectivity index (χ0n) is 12.0. The van der Waals surface area contributed by atoms with Gasteiger partial charge in [-0.2, -0.15) is 5.10 Å². The molecule has 1 aliphatic rings. The fraction of sp³-hybridized carbons (Fsp3) is 0.615. The van der Waals surface area contributed by atoms with E-state index in [4.69, 9.17) is 16.3 Å². The highest BCUT2D eigenvalue weighted by molar-refractivity contribution is 6.30. The van der Waals surface area contributed by atoms with E-state index in [0.29, 0.717) is 31.2 Å². The van der Waals surface area contributed by atoms with E-state index in [9.17, 15) is 4.79 Å². The van der Waals surface area contributed by atoms with Gasteiger partial charge in [-0.3, -0.25) is 0 Å². The molecule has 0 atom stereocenters. The molecule has 110 valence electrons. The third-order valence-electron chi connectivity index (χ3n) is 2.86. The smallest absolute Gasteiger partial charge is 0.410 e. The summed E-state index contributed by atoms with van der Waals surface area (Å²) < 4.78 is 5.36. The normalized spacial score (nSPS) is 16.2. The van der Waals surface area contributed by atoms with Crippen molar-refractivity contribution in [2.24, 2.45) is 0 Å². The van der Waals surface area contributed by atoms with Crippen LogP contribution in [0.1, 0.15) is 20.8 Å². The summed E-state index contributed by atoms with van der Waals surface area (Å²) in [5, 5.41) is 8.44. The molecule has 0 radical (unpaired) electrons. The lowest BCUT2D eigenvalue weighted by atomic mass is 10.2. The molecular weight excluding hydrogens is 280 g/mol. The Hall–Kier alpha value is -1.56. The molecule has 0 N–H and O–H groups in total. The first-order valence-corrected chi connectivity index (χ1v) is 6.94. The Morgan fingerprint density at radius 3 is 2.50 bits per heavy atom. The highest BCUT2D eigenvalue weighted by Gasteiger charge is 2.26. The number of piperazine rings is 1. The summed E-state index contributed by atoms with van der Waals surface area (Å²) in [4.78, 5) is 15.7. The van der Waals surface area contributed by atoms with Crippen LogP contribution in [0.4, 0.5) is 10.6 Å². The maximum atomic E-state index is 11.9. The van der Waals surface area contributed by atoms with Gasteiger partial charge in [0.25, 0.3) is 0 Å². The molecule has 0 aliphatic carbocycles. The van der Waals surface area contributed by atoms with Crippen molar-refractivity contribution in [3.8, 4) is 0 Å². The van der Waals surface area contributed by atoms with Crippen molar-refractivity contribution < 1.29 is 9.53 Å². The van der Waals surface area contributed by atoms with Crippen LogP contribution in [0.5, 0.6) is 0 Å². The minimum Gasteiger partial charge on any atom is -0.444 e. The number of aromatic nitrogens is 2. The summed E-state index contributed by atoms with van der Waals surface area (Å²) in [6.07, 6.45) is 1.23. The number of amides is 1. The molecule has 6 nitrogen and oxygen atoms in total. The van der Waals surface area contributed by atoms with Crippen LogP contribution in [-0.2, 0) is 4.74 Å². The molecule has 0 aromatic carbocycles. The van der Waals surface area contributed by atoms with Gasteiger partial charge >= 0.3 is 6.09 Å². The van der Waals surface area contributed by atoms with E-state index in [1.807, 2.05) is 20.8 Å². The molecule has 1 aromatic heterocycles. The molecule has 1 saturated heterocycles. The minimum atomic E-state index is -0.466. The number of hydrogen-bond donors (Lipinski definition) is 0. The van der Waals surface area contributed by atoms with E-state index >= 15 is 0 Å². The van der Waals surface area contributed by atoms with Gasteiger partial charge in [-0.15, -0.1) is 5.10 Å². The Balaban J connectivity index is 1.91. The van der Waals surface area contributed by atoms with Crippen LogP contribution in [0.25, 0.3) is 0 Å². The molecule has 0 unspecified atom stereocenters. The summed E-state index contributed by atoms with van der Waals surface area (Å²) in [5.74, 6) is 0.737. The second-order valence-electron chi connectivity index (χ2n) is 5.69. The summed E-state index contributed by atoms with van der Waals surface area (Å²) in [6, 6.07) is 1.78. The third kappa shape index (κ3) is 3.96. The molecule has 1 fully saturated rings.